The molecule has 0 bridgehead atoms. The third-order valence-electron chi connectivity index (χ3n) is 5.75. The highest BCUT2D eigenvalue weighted by molar-refractivity contribution is 7.10. The summed E-state index contributed by atoms with van der Waals surface area (Å²) in [6.45, 7) is 6.74. The maximum atomic E-state index is 12.2. The molecular weight excluding hydrogens is 348 g/mol. The molecule has 1 atom stereocenters. The Labute approximate surface area is 158 Å². The van der Waals surface area contributed by atoms with Crippen LogP contribution in [0.15, 0.2) is 23.7 Å². The Morgan fingerprint density at radius 1 is 1.46 bits per heavy atom. The molecule has 2 aliphatic heterocycles. The van der Waals surface area contributed by atoms with Crippen molar-refractivity contribution in [1.29, 1.82) is 0 Å². The molecule has 1 amide bonds. The van der Waals surface area contributed by atoms with Crippen LogP contribution in [0.4, 0.5) is 0 Å². The van der Waals surface area contributed by atoms with Crippen molar-refractivity contribution in [3.05, 3.63) is 39.8 Å². The molecule has 2 aromatic heterocycles. The predicted octanol–water partition coefficient (Wildman–Crippen LogP) is 2.20. The summed E-state index contributed by atoms with van der Waals surface area (Å²) in [6, 6.07) is 3.93. The van der Waals surface area contributed by atoms with Gasteiger partial charge in [-0.15, -0.1) is 11.3 Å². The molecule has 0 aromatic carbocycles. The Hall–Kier alpha value is -1.70. The molecule has 2 aliphatic rings. The molecule has 0 aliphatic carbocycles. The van der Waals surface area contributed by atoms with Crippen LogP contribution in [0.2, 0.25) is 0 Å². The fourth-order valence-electron chi connectivity index (χ4n) is 4.18. The van der Waals surface area contributed by atoms with Gasteiger partial charge in [0, 0.05) is 50.9 Å². The zero-order chi connectivity index (χ0) is 18.1. The van der Waals surface area contributed by atoms with Crippen LogP contribution in [0.25, 0.3) is 0 Å². The van der Waals surface area contributed by atoms with Crippen molar-refractivity contribution in [3.63, 3.8) is 0 Å². The van der Waals surface area contributed by atoms with E-state index in [1.54, 1.807) is 24.0 Å². The molecule has 1 spiro atoms. The number of thiophene rings is 1. The molecule has 4 rings (SSSR count). The van der Waals surface area contributed by atoms with Crippen LogP contribution in [-0.2, 0) is 18.3 Å². The van der Waals surface area contributed by atoms with Crippen LogP contribution in [0.3, 0.4) is 0 Å². The zero-order valence-corrected chi connectivity index (χ0v) is 16.2. The number of ether oxygens (including phenoxy) is 1. The number of nitrogens with zero attached hydrogens (tertiary/aromatic N) is 3. The van der Waals surface area contributed by atoms with Crippen molar-refractivity contribution in [2.24, 2.45) is 13.0 Å². The van der Waals surface area contributed by atoms with Gasteiger partial charge in [0.1, 0.15) is 5.69 Å². The minimum Gasteiger partial charge on any atom is -0.372 e. The van der Waals surface area contributed by atoms with Crippen molar-refractivity contribution >= 4 is 17.2 Å². The number of rotatable bonds is 6. The minimum atomic E-state index is -0.0543. The Bertz CT molecular complexity index is 778. The predicted molar refractivity (Wildman–Crippen MR) is 101 cm³/mol. The average molecular weight is 375 g/mol. The summed E-state index contributed by atoms with van der Waals surface area (Å²) in [6.07, 6.45) is 3.70. The number of hydrogen-bond donors (Lipinski definition) is 1. The number of carbonyl (C=O) groups is 1. The van der Waals surface area contributed by atoms with E-state index in [9.17, 15) is 4.79 Å². The fraction of sp³-hybridized carbons (Fsp3) is 0.579. The van der Waals surface area contributed by atoms with Crippen LogP contribution >= 0.6 is 11.3 Å². The van der Waals surface area contributed by atoms with Crippen LogP contribution in [0.1, 0.15) is 33.8 Å². The molecule has 0 radical (unpaired) electrons. The van der Waals surface area contributed by atoms with Crippen molar-refractivity contribution in [3.8, 4) is 0 Å². The summed E-state index contributed by atoms with van der Waals surface area (Å²) in [4.78, 5) is 16.1. The Morgan fingerprint density at radius 3 is 3.00 bits per heavy atom. The fourth-order valence-corrected chi connectivity index (χ4v) is 5.13. The lowest BCUT2D eigenvalue weighted by atomic mass is 9.79. The maximum Gasteiger partial charge on any atom is 0.269 e. The summed E-state index contributed by atoms with van der Waals surface area (Å²) < 4.78 is 7.76. The van der Waals surface area contributed by atoms with Crippen LogP contribution in [0.5, 0.6) is 0 Å². The molecule has 140 valence electrons. The van der Waals surface area contributed by atoms with Crippen LogP contribution < -0.4 is 5.32 Å². The number of nitrogens with one attached hydrogen (secondary N) is 1. The minimum absolute atomic E-state index is 0.00240. The second-order valence-corrected chi connectivity index (χ2v) is 8.46. The summed E-state index contributed by atoms with van der Waals surface area (Å²) in [5, 5.41) is 9.24. The molecule has 4 heterocycles. The van der Waals surface area contributed by atoms with Gasteiger partial charge in [-0.05, 0) is 48.8 Å². The summed E-state index contributed by atoms with van der Waals surface area (Å²) >= 11 is 1.84. The standard InChI is InChI=1S/C19H26N4O2S/c1-14-6-10-26-17(14)11-23-12-19(13-23)15(5-9-25-19)3-7-20-18(24)16-4-8-21-22(16)2/h4,6,8,10,15H,3,5,7,9,11-13H2,1-2H3,(H,20,24)/t15-/m0/s1. The number of carbonyl (C=O) groups excluding carboxylic acids is 1. The highest BCUT2D eigenvalue weighted by Gasteiger charge is 2.52. The summed E-state index contributed by atoms with van der Waals surface area (Å²) in [5.41, 5.74) is 1.99. The third-order valence-corrected chi connectivity index (χ3v) is 6.76. The summed E-state index contributed by atoms with van der Waals surface area (Å²) in [5.74, 6) is 0.469. The molecule has 0 saturated carbocycles. The van der Waals surface area contributed by atoms with Gasteiger partial charge in [-0.3, -0.25) is 14.4 Å². The molecule has 6 nitrogen and oxygen atoms in total. The van der Waals surface area contributed by atoms with Gasteiger partial charge in [0.05, 0.1) is 5.60 Å². The van der Waals surface area contributed by atoms with Crippen molar-refractivity contribution in [2.45, 2.75) is 31.9 Å². The number of aryl methyl sites for hydroxylation is 2. The number of hydrogen-bond acceptors (Lipinski definition) is 5. The van der Waals surface area contributed by atoms with Gasteiger partial charge in [-0.25, -0.2) is 0 Å². The third kappa shape index (κ3) is 3.31. The quantitative estimate of drug-likeness (QED) is 0.842. The van der Waals surface area contributed by atoms with E-state index in [1.807, 2.05) is 11.3 Å². The first-order valence-corrected chi connectivity index (χ1v) is 10.1. The number of amides is 1. The Morgan fingerprint density at radius 2 is 2.31 bits per heavy atom. The lowest BCUT2D eigenvalue weighted by molar-refractivity contribution is -0.136. The normalized spacial score (nSPS) is 21.8. The number of aromatic nitrogens is 2. The first kappa shape index (κ1) is 17.7. The number of likely N-dealkylation sites (tertiary alicyclic amines) is 1. The highest BCUT2D eigenvalue weighted by Crippen LogP contribution is 2.42. The Balaban J connectivity index is 1.26. The van der Waals surface area contributed by atoms with E-state index in [-0.39, 0.29) is 11.5 Å². The SMILES string of the molecule is Cc1ccsc1CN1CC2(C1)OCC[C@@H]2CCNC(=O)c1ccnn1C. The second kappa shape index (κ2) is 7.13. The molecule has 0 unspecified atom stereocenters. The molecule has 1 N–H and O–H groups in total. The average Bonchev–Trinajstić information content (AvgIpc) is 3.29. The topological polar surface area (TPSA) is 59.4 Å². The molecule has 26 heavy (non-hydrogen) atoms. The van der Waals surface area contributed by atoms with Crippen molar-refractivity contribution in [2.75, 3.05) is 26.2 Å². The molecular formula is C19H26N4O2S. The summed E-state index contributed by atoms with van der Waals surface area (Å²) in [7, 11) is 1.78. The lowest BCUT2D eigenvalue weighted by Gasteiger charge is -2.50. The lowest BCUT2D eigenvalue weighted by Crippen LogP contribution is -2.64. The van der Waals surface area contributed by atoms with Gasteiger partial charge in [0.2, 0.25) is 0 Å². The first-order chi connectivity index (χ1) is 12.6. The van der Waals surface area contributed by atoms with Crippen LogP contribution in [0, 0.1) is 12.8 Å². The van der Waals surface area contributed by atoms with Gasteiger partial charge >= 0.3 is 0 Å². The van der Waals surface area contributed by atoms with E-state index in [0.717, 1.165) is 39.1 Å². The van der Waals surface area contributed by atoms with Gasteiger partial charge in [0.15, 0.2) is 0 Å². The van der Waals surface area contributed by atoms with E-state index in [1.165, 1.54) is 10.4 Å². The zero-order valence-electron chi connectivity index (χ0n) is 15.4. The van der Waals surface area contributed by atoms with E-state index >= 15 is 0 Å². The monoisotopic (exact) mass is 374 g/mol. The largest absolute Gasteiger partial charge is 0.372 e. The molecule has 2 fully saturated rings. The van der Waals surface area contributed by atoms with E-state index in [4.69, 9.17) is 4.74 Å². The van der Waals surface area contributed by atoms with Gasteiger partial charge in [-0.1, -0.05) is 0 Å². The van der Waals surface area contributed by atoms with E-state index in [2.05, 4.69) is 33.7 Å². The van der Waals surface area contributed by atoms with Gasteiger partial charge < -0.3 is 10.1 Å². The first-order valence-electron chi connectivity index (χ1n) is 9.23. The Kier molecular flexibility index (Phi) is 4.86. The molecule has 7 heteroatoms. The van der Waals surface area contributed by atoms with Crippen molar-refractivity contribution < 1.29 is 9.53 Å². The highest BCUT2D eigenvalue weighted by atomic mass is 32.1. The van der Waals surface area contributed by atoms with E-state index < -0.39 is 0 Å². The second-order valence-electron chi connectivity index (χ2n) is 7.46. The van der Waals surface area contributed by atoms with Crippen LogP contribution in [-0.4, -0.2) is 52.4 Å². The van der Waals surface area contributed by atoms with E-state index in [0.29, 0.717) is 18.2 Å². The van der Waals surface area contributed by atoms with Crippen molar-refractivity contribution in [1.82, 2.24) is 20.0 Å². The van der Waals surface area contributed by atoms with Gasteiger partial charge in [-0.2, -0.15) is 5.10 Å². The molecule has 2 aromatic rings. The smallest absolute Gasteiger partial charge is 0.269 e. The maximum absolute atomic E-state index is 12.2. The van der Waals surface area contributed by atoms with Gasteiger partial charge in [0.25, 0.3) is 5.91 Å². The molecule has 2 saturated heterocycles.